The first-order chi connectivity index (χ1) is 12.9. The molecule has 0 radical (unpaired) electrons. The van der Waals surface area contributed by atoms with E-state index in [-0.39, 0.29) is 25.5 Å². The van der Waals surface area contributed by atoms with E-state index in [2.05, 4.69) is 10.3 Å². The Morgan fingerprint density at radius 3 is 2.41 bits per heavy atom. The van der Waals surface area contributed by atoms with Crippen LogP contribution in [-0.4, -0.2) is 52.1 Å². The Morgan fingerprint density at radius 2 is 1.74 bits per heavy atom. The first kappa shape index (κ1) is 18.5. The first-order valence-electron chi connectivity index (χ1n) is 8.47. The molecule has 2 aromatic rings. The minimum atomic E-state index is -0.727. The molecule has 2 heterocycles. The average Bonchev–Trinajstić information content (AvgIpc) is 2.65. The third-order valence-corrected chi connectivity index (χ3v) is 4.20. The van der Waals surface area contributed by atoms with E-state index in [0.29, 0.717) is 12.4 Å². The molecule has 0 saturated carbocycles. The molecule has 7 nitrogen and oxygen atoms in total. The Bertz CT molecular complexity index is 852. The number of piperazine rings is 1. The van der Waals surface area contributed by atoms with Gasteiger partial charge in [0.05, 0.1) is 0 Å². The summed E-state index contributed by atoms with van der Waals surface area (Å²) in [6.45, 7) is 2.44. The Balaban J connectivity index is 1.55. The van der Waals surface area contributed by atoms with Crippen LogP contribution in [0.1, 0.15) is 11.1 Å². The van der Waals surface area contributed by atoms with E-state index in [4.69, 9.17) is 0 Å². The largest absolute Gasteiger partial charge is 0.328 e. The molecule has 3 amide bonds. The van der Waals surface area contributed by atoms with Gasteiger partial charge < -0.3 is 15.1 Å². The van der Waals surface area contributed by atoms with Gasteiger partial charge in [-0.15, -0.1) is 0 Å². The number of halogens is 1. The molecule has 8 heteroatoms. The molecule has 1 fully saturated rings. The van der Waals surface area contributed by atoms with Crippen molar-refractivity contribution in [3.05, 3.63) is 59.5 Å². The maximum absolute atomic E-state index is 13.0. The van der Waals surface area contributed by atoms with E-state index in [0.717, 1.165) is 11.1 Å². The maximum Gasteiger partial charge on any atom is 0.312 e. The highest BCUT2D eigenvalue weighted by Crippen LogP contribution is 2.12. The second-order valence-electron chi connectivity index (χ2n) is 6.35. The molecule has 1 saturated heterocycles. The number of nitrogens with zero attached hydrogens (tertiary/aromatic N) is 3. The van der Waals surface area contributed by atoms with Gasteiger partial charge in [0.15, 0.2) is 0 Å². The Morgan fingerprint density at radius 1 is 1.07 bits per heavy atom. The summed E-state index contributed by atoms with van der Waals surface area (Å²) in [5.41, 5.74) is 1.69. The number of carbonyl (C=O) groups excluding carboxylic acids is 3. The fourth-order valence-corrected chi connectivity index (χ4v) is 2.72. The van der Waals surface area contributed by atoms with Crippen LogP contribution in [0.25, 0.3) is 0 Å². The summed E-state index contributed by atoms with van der Waals surface area (Å²) >= 11 is 0. The second-order valence-corrected chi connectivity index (χ2v) is 6.35. The van der Waals surface area contributed by atoms with Gasteiger partial charge in [0.25, 0.3) is 0 Å². The molecule has 3 rings (SSSR count). The van der Waals surface area contributed by atoms with E-state index in [1.807, 2.05) is 13.0 Å². The smallest absolute Gasteiger partial charge is 0.312 e. The number of aromatic nitrogens is 1. The van der Waals surface area contributed by atoms with E-state index in [9.17, 15) is 18.8 Å². The molecule has 1 aromatic heterocycles. The topological polar surface area (TPSA) is 82.6 Å². The van der Waals surface area contributed by atoms with Crippen LogP contribution in [0, 0.1) is 12.7 Å². The standard InChI is InChI=1S/C19H19FN4O3/c1-13-2-7-16(21-10-13)22-17(25)12-24-9-8-23(18(26)19(24)27)11-14-3-5-15(20)6-4-14/h2-7,10H,8-9,11-12H2,1H3,(H,21,22,25). The average molecular weight is 370 g/mol. The fourth-order valence-electron chi connectivity index (χ4n) is 2.72. The van der Waals surface area contributed by atoms with E-state index in [1.165, 1.54) is 21.9 Å². The number of pyridine rings is 1. The summed E-state index contributed by atoms with van der Waals surface area (Å²) in [6, 6.07) is 9.23. The fraction of sp³-hybridized carbons (Fsp3) is 0.263. The normalized spacial score (nSPS) is 14.4. The van der Waals surface area contributed by atoms with Crippen molar-refractivity contribution >= 4 is 23.5 Å². The lowest BCUT2D eigenvalue weighted by Gasteiger charge is -2.33. The third kappa shape index (κ3) is 4.66. The van der Waals surface area contributed by atoms with Crippen LogP contribution >= 0.6 is 0 Å². The number of hydrogen-bond donors (Lipinski definition) is 1. The lowest BCUT2D eigenvalue weighted by Crippen LogP contribution is -2.55. The zero-order valence-corrected chi connectivity index (χ0v) is 14.8. The summed E-state index contributed by atoms with van der Waals surface area (Å²) in [5.74, 6) is -1.79. The monoisotopic (exact) mass is 370 g/mol. The van der Waals surface area contributed by atoms with Gasteiger partial charge in [-0.25, -0.2) is 9.37 Å². The molecule has 1 N–H and O–H groups in total. The van der Waals surface area contributed by atoms with Crippen molar-refractivity contribution in [3.8, 4) is 0 Å². The zero-order valence-electron chi connectivity index (χ0n) is 14.8. The molecular formula is C19H19FN4O3. The minimum absolute atomic E-state index is 0.218. The Labute approximate surface area is 155 Å². The summed E-state index contributed by atoms with van der Waals surface area (Å²) in [4.78, 5) is 43.4. The van der Waals surface area contributed by atoms with Crippen molar-refractivity contribution in [2.75, 3.05) is 25.0 Å². The van der Waals surface area contributed by atoms with Gasteiger partial charge in [0.2, 0.25) is 5.91 Å². The highest BCUT2D eigenvalue weighted by molar-refractivity contribution is 6.35. The molecule has 0 atom stereocenters. The number of rotatable bonds is 5. The number of benzene rings is 1. The van der Waals surface area contributed by atoms with Gasteiger partial charge in [-0.2, -0.15) is 0 Å². The molecule has 0 aliphatic carbocycles. The zero-order chi connectivity index (χ0) is 19.4. The van der Waals surface area contributed by atoms with Crippen molar-refractivity contribution in [1.82, 2.24) is 14.8 Å². The van der Waals surface area contributed by atoms with Crippen LogP contribution in [-0.2, 0) is 20.9 Å². The molecule has 0 bridgehead atoms. The van der Waals surface area contributed by atoms with Crippen LogP contribution in [0.5, 0.6) is 0 Å². The van der Waals surface area contributed by atoms with E-state index < -0.39 is 17.7 Å². The summed E-state index contributed by atoms with van der Waals surface area (Å²) in [6.07, 6.45) is 1.62. The SMILES string of the molecule is Cc1ccc(NC(=O)CN2CCN(Cc3ccc(F)cc3)C(=O)C2=O)nc1. The Kier molecular flexibility index (Phi) is 5.44. The molecule has 27 heavy (non-hydrogen) atoms. The van der Waals surface area contributed by atoms with E-state index >= 15 is 0 Å². The molecule has 140 valence electrons. The molecule has 1 aromatic carbocycles. The van der Waals surface area contributed by atoms with Crippen molar-refractivity contribution in [2.45, 2.75) is 13.5 Å². The predicted molar refractivity (Wildman–Crippen MR) is 96.0 cm³/mol. The lowest BCUT2D eigenvalue weighted by molar-refractivity contribution is -0.157. The van der Waals surface area contributed by atoms with Crippen LogP contribution in [0.4, 0.5) is 10.2 Å². The number of aryl methyl sites for hydroxylation is 1. The molecule has 0 spiro atoms. The lowest BCUT2D eigenvalue weighted by atomic mass is 10.2. The summed E-state index contributed by atoms with van der Waals surface area (Å²) < 4.78 is 13.0. The number of hydrogen-bond acceptors (Lipinski definition) is 4. The van der Waals surface area contributed by atoms with Gasteiger partial charge >= 0.3 is 11.8 Å². The number of anilines is 1. The quantitative estimate of drug-likeness (QED) is 0.806. The Hall–Kier alpha value is -3.29. The van der Waals surface area contributed by atoms with E-state index in [1.54, 1.807) is 24.4 Å². The predicted octanol–water partition coefficient (Wildman–Crippen LogP) is 1.34. The van der Waals surface area contributed by atoms with Crippen molar-refractivity contribution in [2.24, 2.45) is 0 Å². The van der Waals surface area contributed by atoms with Crippen molar-refractivity contribution < 1.29 is 18.8 Å². The summed E-state index contributed by atoms with van der Waals surface area (Å²) in [5, 5.41) is 2.60. The van der Waals surface area contributed by atoms with Gasteiger partial charge in [-0.05, 0) is 36.2 Å². The second kappa shape index (κ2) is 7.94. The van der Waals surface area contributed by atoms with Crippen LogP contribution in [0.2, 0.25) is 0 Å². The van der Waals surface area contributed by atoms with Crippen molar-refractivity contribution in [3.63, 3.8) is 0 Å². The van der Waals surface area contributed by atoms with Crippen LogP contribution in [0.3, 0.4) is 0 Å². The van der Waals surface area contributed by atoms with Crippen LogP contribution < -0.4 is 5.32 Å². The highest BCUT2D eigenvalue weighted by Gasteiger charge is 2.33. The molecule has 1 aliphatic rings. The first-order valence-corrected chi connectivity index (χ1v) is 8.47. The molecule has 0 unspecified atom stereocenters. The molecular weight excluding hydrogens is 351 g/mol. The maximum atomic E-state index is 13.0. The van der Waals surface area contributed by atoms with Crippen LogP contribution in [0.15, 0.2) is 42.6 Å². The number of carbonyl (C=O) groups is 3. The third-order valence-electron chi connectivity index (χ3n) is 4.20. The minimum Gasteiger partial charge on any atom is -0.328 e. The summed E-state index contributed by atoms with van der Waals surface area (Å²) in [7, 11) is 0. The molecule has 1 aliphatic heterocycles. The van der Waals surface area contributed by atoms with Gasteiger partial charge in [0, 0.05) is 25.8 Å². The highest BCUT2D eigenvalue weighted by atomic mass is 19.1. The van der Waals surface area contributed by atoms with Gasteiger partial charge in [-0.3, -0.25) is 14.4 Å². The van der Waals surface area contributed by atoms with Gasteiger partial charge in [-0.1, -0.05) is 18.2 Å². The van der Waals surface area contributed by atoms with Gasteiger partial charge in [0.1, 0.15) is 18.2 Å². The number of nitrogens with one attached hydrogen (secondary N) is 1. The van der Waals surface area contributed by atoms with Crippen molar-refractivity contribution in [1.29, 1.82) is 0 Å². The number of amides is 3.